The lowest BCUT2D eigenvalue weighted by Gasteiger charge is -2.35. The second-order valence-electron chi connectivity index (χ2n) is 7.21. The van der Waals surface area contributed by atoms with E-state index in [1.807, 2.05) is 0 Å². The number of hydrogen-bond acceptors (Lipinski definition) is 6. The van der Waals surface area contributed by atoms with Gasteiger partial charge in [-0.2, -0.15) is 0 Å². The maximum Gasteiger partial charge on any atom is 0.341 e. The molecule has 0 saturated carbocycles. The smallest absolute Gasteiger partial charge is 0.341 e. The maximum absolute atomic E-state index is 12.7. The second kappa shape index (κ2) is 8.20. The molecule has 2 amide bonds. The van der Waals surface area contributed by atoms with Crippen LogP contribution >= 0.6 is 0 Å². The molecule has 152 valence electrons. The van der Waals surface area contributed by atoms with Crippen LogP contribution in [0.4, 0.5) is 4.79 Å². The number of carbonyl (C=O) groups is 3. The van der Waals surface area contributed by atoms with E-state index in [0.29, 0.717) is 5.56 Å². The van der Waals surface area contributed by atoms with Gasteiger partial charge in [0.05, 0.1) is 13.2 Å². The predicted octanol–water partition coefficient (Wildman–Crippen LogP) is 1.98. The lowest BCUT2D eigenvalue weighted by atomic mass is 9.88. The lowest BCUT2D eigenvalue weighted by molar-refractivity contribution is -0.159. The van der Waals surface area contributed by atoms with E-state index in [9.17, 15) is 14.4 Å². The molecule has 1 saturated heterocycles. The van der Waals surface area contributed by atoms with Crippen LogP contribution in [0.5, 0.6) is 11.5 Å². The zero-order valence-corrected chi connectivity index (χ0v) is 16.2. The van der Waals surface area contributed by atoms with Gasteiger partial charge in [-0.15, -0.1) is 0 Å². The molecule has 0 radical (unpaired) electrons. The number of ether oxygens (including phenoxy) is 3. The van der Waals surface area contributed by atoms with E-state index in [2.05, 4.69) is 17.2 Å². The predicted molar refractivity (Wildman–Crippen MR) is 99.0 cm³/mol. The SMILES string of the molecule is C=C1NC(=O)N[C@H](c2ccc(OCC(=O)O)c(OC)c2)[C@H]1C(=O)OC(C)(C)C. The molecule has 1 heterocycles. The number of methoxy groups -OCH3 is 1. The number of urea groups is 1. The molecule has 0 bridgehead atoms. The first-order chi connectivity index (χ1) is 13.0. The summed E-state index contributed by atoms with van der Waals surface area (Å²) in [7, 11) is 1.40. The maximum atomic E-state index is 12.7. The highest BCUT2D eigenvalue weighted by Crippen LogP contribution is 2.36. The van der Waals surface area contributed by atoms with Crippen molar-refractivity contribution in [3.05, 3.63) is 36.0 Å². The van der Waals surface area contributed by atoms with Crippen LogP contribution < -0.4 is 20.1 Å². The Kier molecular flexibility index (Phi) is 6.17. The van der Waals surface area contributed by atoms with Gasteiger partial charge in [-0.05, 0) is 38.5 Å². The van der Waals surface area contributed by atoms with E-state index in [1.165, 1.54) is 13.2 Å². The number of amides is 2. The molecule has 1 aliphatic heterocycles. The highest BCUT2D eigenvalue weighted by molar-refractivity contribution is 5.85. The Hall–Kier alpha value is -3.23. The van der Waals surface area contributed by atoms with Gasteiger partial charge >= 0.3 is 18.0 Å². The quantitative estimate of drug-likeness (QED) is 0.633. The Morgan fingerprint density at radius 1 is 1.25 bits per heavy atom. The summed E-state index contributed by atoms with van der Waals surface area (Å²) in [4.78, 5) is 35.4. The van der Waals surface area contributed by atoms with E-state index in [0.717, 1.165) is 0 Å². The Morgan fingerprint density at radius 3 is 2.50 bits per heavy atom. The minimum atomic E-state index is -1.13. The molecule has 0 aliphatic carbocycles. The Morgan fingerprint density at radius 2 is 1.93 bits per heavy atom. The van der Waals surface area contributed by atoms with Crippen LogP contribution in [0.3, 0.4) is 0 Å². The average Bonchev–Trinajstić information content (AvgIpc) is 2.57. The van der Waals surface area contributed by atoms with Crippen LogP contribution in [0.25, 0.3) is 0 Å². The molecular formula is C19H24N2O7. The third-order valence-corrected chi connectivity index (χ3v) is 3.83. The first kappa shape index (κ1) is 21.1. The number of carbonyl (C=O) groups excluding carboxylic acids is 2. The highest BCUT2D eigenvalue weighted by atomic mass is 16.6. The third kappa shape index (κ3) is 5.15. The normalized spacial score (nSPS) is 19.3. The molecule has 1 aliphatic rings. The summed E-state index contributed by atoms with van der Waals surface area (Å²) in [6.07, 6.45) is 0. The van der Waals surface area contributed by atoms with Crippen molar-refractivity contribution in [1.29, 1.82) is 0 Å². The molecule has 3 N–H and O–H groups in total. The van der Waals surface area contributed by atoms with Crippen LogP contribution in [0, 0.1) is 5.92 Å². The van der Waals surface area contributed by atoms with Gasteiger partial charge in [0.1, 0.15) is 11.5 Å². The van der Waals surface area contributed by atoms with Gasteiger partial charge < -0.3 is 30.0 Å². The van der Waals surface area contributed by atoms with Crippen LogP contribution in [-0.2, 0) is 14.3 Å². The summed E-state index contributed by atoms with van der Waals surface area (Å²) in [5.41, 5.74) is 0.0508. The highest BCUT2D eigenvalue weighted by Gasteiger charge is 2.40. The van der Waals surface area contributed by atoms with Crippen LogP contribution in [0.1, 0.15) is 32.4 Å². The van der Waals surface area contributed by atoms with Crippen LogP contribution in [0.15, 0.2) is 30.5 Å². The molecule has 0 aromatic heterocycles. The standard InChI is InChI=1S/C19H24N2O7/c1-10-15(17(24)28-19(2,3)4)16(21-18(25)20-10)11-6-7-12(13(8-11)26-5)27-9-14(22)23/h6-8,15-16H,1,9H2,2-5H3,(H,22,23)(H2,20,21,25)/t15-,16+/m0/s1. The molecule has 2 rings (SSSR count). The summed E-state index contributed by atoms with van der Waals surface area (Å²) in [6.45, 7) is 8.49. The average molecular weight is 392 g/mol. The van der Waals surface area contributed by atoms with Crippen LogP contribution in [0.2, 0.25) is 0 Å². The van der Waals surface area contributed by atoms with E-state index in [-0.39, 0.29) is 17.2 Å². The van der Waals surface area contributed by atoms with Gasteiger partial charge in [0, 0.05) is 5.70 Å². The van der Waals surface area contributed by atoms with Gasteiger partial charge in [-0.25, -0.2) is 9.59 Å². The van der Waals surface area contributed by atoms with Gasteiger partial charge in [-0.3, -0.25) is 4.79 Å². The first-order valence-electron chi connectivity index (χ1n) is 8.53. The Balaban J connectivity index is 2.37. The minimum Gasteiger partial charge on any atom is -0.493 e. The van der Waals surface area contributed by atoms with Crippen molar-refractivity contribution in [3.8, 4) is 11.5 Å². The monoisotopic (exact) mass is 392 g/mol. The van der Waals surface area contributed by atoms with Crippen molar-refractivity contribution in [3.63, 3.8) is 0 Å². The van der Waals surface area contributed by atoms with Crippen molar-refractivity contribution in [2.24, 2.45) is 5.92 Å². The molecule has 1 aromatic carbocycles. The second-order valence-corrected chi connectivity index (χ2v) is 7.21. The van der Waals surface area contributed by atoms with E-state index in [1.54, 1.807) is 32.9 Å². The van der Waals surface area contributed by atoms with Gasteiger partial charge in [0.2, 0.25) is 0 Å². The van der Waals surface area contributed by atoms with Crippen LogP contribution in [-0.4, -0.2) is 42.4 Å². The molecular weight excluding hydrogens is 368 g/mol. The fraction of sp³-hybridized carbons (Fsp3) is 0.421. The molecule has 2 atom stereocenters. The topological polar surface area (TPSA) is 123 Å². The molecule has 1 fully saturated rings. The number of carboxylic acids is 1. The summed E-state index contributed by atoms with van der Waals surface area (Å²) < 4.78 is 15.9. The summed E-state index contributed by atoms with van der Waals surface area (Å²) >= 11 is 0. The molecule has 0 spiro atoms. The van der Waals surface area contributed by atoms with Crippen molar-refractivity contribution in [2.45, 2.75) is 32.4 Å². The van der Waals surface area contributed by atoms with Crippen molar-refractivity contribution in [2.75, 3.05) is 13.7 Å². The van der Waals surface area contributed by atoms with Crippen molar-refractivity contribution < 1.29 is 33.7 Å². The zero-order valence-electron chi connectivity index (χ0n) is 16.2. The molecule has 1 aromatic rings. The fourth-order valence-electron chi connectivity index (χ4n) is 2.74. The number of aliphatic carboxylic acids is 1. The van der Waals surface area contributed by atoms with Gasteiger partial charge in [0.25, 0.3) is 0 Å². The first-order valence-corrected chi connectivity index (χ1v) is 8.53. The Labute approximate surface area is 162 Å². The van der Waals surface area contributed by atoms with E-state index in [4.69, 9.17) is 19.3 Å². The molecule has 9 heteroatoms. The number of benzene rings is 1. The number of carboxylic acid groups (broad SMARTS) is 1. The number of esters is 1. The van der Waals surface area contributed by atoms with E-state index < -0.39 is 42.1 Å². The summed E-state index contributed by atoms with van der Waals surface area (Å²) in [6, 6.07) is 3.44. The number of rotatable bonds is 6. The number of nitrogens with one attached hydrogen (secondary N) is 2. The molecule has 0 unspecified atom stereocenters. The summed E-state index contributed by atoms with van der Waals surface area (Å²) in [5, 5.41) is 14.0. The fourth-order valence-corrected chi connectivity index (χ4v) is 2.74. The zero-order chi connectivity index (χ0) is 21.1. The largest absolute Gasteiger partial charge is 0.493 e. The number of hydrogen-bond donors (Lipinski definition) is 3. The Bertz CT molecular complexity index is 798. The van der Waals surface area contributed by atoms with Crippen molar-refractivity contribution >= 4 is 18.0 Å². The molecule has 9 nitrogen and oxygen atoms in total. The van der Waals surface area contributed by atoms with Crippen molar-refractivity contribution in [1.82, 2.24) is 10.6 Å². The van der Waals surface area contributed by atoms with E-state index >= 15 is 0 Å². The molecule has 28 heavy (non-hydrogen) atoms. The summed E-state index contributed by atoms with van der Waals surface area (Å²) in [5.74, 6) is -2.05. The van der Waals surface area contributed by atoms with Gasteiger partial charge in [0.15, 0.2) is 18.1 Å². The minimum absolute atomic E-state index is 0.216. The third-order valence-electron chi connectivity index (χ3n) is 3.83. The lowest BCUT2D eigenvalue weighted by Crippen LogP contribution is -2.51. The van der Waals surface area contributed by atoms with Gasteiger partial charge in [-0.1, -0.05) is 12.6 Å².